The summed E-state index contributed by atoms with van der Waals surface area (Å²) in [6.45, 7) is -0.706. The highest BCUT2D eigenvalue weighted by molar-refractivity contribution is 7.91. The zero-order chi connectivity index (χ0) is 24.1. The number of alkyl halides is 3. The SMILES string of the molecule is N=C/C(=C\NCc1ccncc1)c1cc2c(NC3CC[S+]([O-])CC3)cccc2n1CC(F)(F)F. The first-order valence-corrected chi connectivity index (χ1v) is 12.5. The maximum Gasteiger partial charge on any atom is 0.406 e. The zero-order valence-corrected chi connectivity index (χ0v) is 19.3. The number of hydrogen-bond acceptors (Lipinski definition) is 5. The molecule has 3 heterocycles. The van der Waals surface area contributed by atoms with Crippen LogP contribution in [0.25, 0.3) is 16.5 Å². The lowest BCUT2D eigenvalue weighted by Gasteiger charge is -2.26. The number of anilines is 1. The summed E-state index contributed by atoms with van der Waals surface area (Å²) in [6.07, 6.45) is 3.04. The number of benzene rings is 1. The van der Waals surface area contributed by atoms with E-state index in [1.807, 2.05) is 18.2 Å². The van der Waals surface area contributed by atoms with Crippen LogP contribution in [-0.4, -0.2) is 44.0 Å². The minimum absolute atomic E-state index is 0.123. The summed E-state index contributed by atoms with van der Waals surface area (Å²) in [4.78, 5) is 3.97. The van der Waals surface area contributed by atoms with E-state index >= 15 is 0 Å². The average molecular weight is 490 g/mol. The minimum atomic E-state index is -4.42. The minimum Gasteiger partial charge on any atom is -0.616 e. The first-order chi connectivity index (χ1) is 16.3. The Hall–Kier alpha value is -2.98. The van der Waals surface area contributed by atoms with E-state index in [-0.39, 0.29) is 6.04 Å². The smallest absolute Gasteiger partial charge is 0.406 e. The first-order valence-electron chi connectivity index (χ1n) is 11.0. The van der Waals surface area contributed by atoms with Crippen LogP contribution in [0.5, 0.6) is 0 Å². The molecule has 3 N–H and O–H groups in total. The largest absolute Gasteiger partial charge is 0.616 e. The average Bonchev–Trinajstić information content (AvgIpc) is 3.16. The van der Waals surface area contributed by atoms with E-state index in [2.05, 4.69) is 15.6 Å². The number of nitrogens with one attached hydrogen (secondary N) is 3. The number of nitrogens with zero attached hydrogens (tertiary/aromatic N) is 2. The number of halogens is 3. The first kappa shape index (κ1) is 24.2. The molecule has 0 amide bonds. The molecule has 0 unspecified atom stereocenters. The second kappa shape index (κ2) is 10.5. The summed E-state index contributed by atoms with van der Waals surface area (Å²) < 4.78 is 53.4. The predicted molar refractivity (Wildman–Crippen MR) is 130 cm³/mol. The molecule has 1 fully saturated rings. The fourth-order valence-electron chi connectivity index (χ4n) is 4.13. The van der Waals surface area contributed by atoms with Crippen LogP contribution in [0, 0.1) is 5.41 Å². The van der Waals surface area contributed by atoms with Gasteiger partial charge in [0.1, 0.15) is 18.1 Å². The third-order valence-electron chi connectivity index (χ3n) is 5.80. The Labute approximate surface area is 199 Å². The third-order valence-corrected chi connectivity index (χ3v) is 7.18. The van der Waals surface area contributed by atoms with Crippen molar-refractivity contribution >= 4 is 39.6 Å². The van der Waals surface area contributed by atoms with Crippen molar-refractivity contribution in [1.29, 1.82) is 5.41 Å². The molecular weight excluding hydrogens is 463 g/mol. The fourth-order valence-corrected chi connectivity index (χ4v) is 5.43. The quantitative estimate of drug-likeness (QED) is 0.316. The molecule has 0 saturated carbocycles. The standard InChI is InChI=1S/C24H26F3N5OS/c25-24(26,27)16-32-22-3-1-2-21(31-19-6-10-34(33)11-7-19)20(22)12-23(32)18(13-28)15-30-14-17-4-8-29-9-5-17/h1-5,8-9,12-13,15,19,28,30-31H,6-7,10-11,14,16H2/b18-15+,28-13?. The normalized spacial score (nSPS) is 19.2. The van der Waals surface area contributed by atoms with Crippen LogP contribution in [0.1, 0.15) is 24.1 Å². The predicted octanol–water partition coefficient (Wildman–Crippen LogP) is 4.70. The van der Waals surface area contributed by atoms with Gasteiger partial charge in [-0.3, -0.25) is 4.98 Å². The van der Waals surface area contributed by atoms with Gasteiger partial charge in [-0.25, -0.2) is 0 Å². The van der Waals surface area contributed by atoms with E-state index < -0.39 is 23.9 Å². The summed E-state index contributed by atoms with van der Waals surface area (Å²) in [7, 11) is 0. The molecule has 0 spiro atoms. The zero-order valence-electron chi connectivity index (χ0n) is 18.4. The number of rotatable bonds is 8. The molecule has 4 rings (SSSR count). The van der Waals surface area contributed by atoms with Gasteiger partial charge < -0.3 is 25.2 Å². The van der Waals surface area contributed by atoms with E-state index in [4.69, 9.17) is 5.41 Å². The van der Waals surface area contributed by atoms with Crippen molar-refractivity contribution in [2.45, 2.75) is 38.1 Å². The molecule has 34 heavy (non-hydrogen) atoms. The van der Waals surface area contributed by atoms with E-state index in [1.54, 1.807) is 36.8 Å². The molecule has 6 nitrogen and oxygen atoms in total. The van der Waals surface area contributed by atoms with Gasteiger partial charge in [0.25, 0.3) is 0 Å². The maximum absolute atomic E-state index is 13.5. The number of aromatic nitrogens is 2. The summed E-state index contributed by atoms with van der Waals surface area (Å²) in [6, 6.07) is 10.8. The lowest BCUT2D eigenvalue weighted by atomic mass is 10.1. The lowest BCUT2D eigenvalue weighted by molar-refractivity contribution is -0.140. The maximum atomic E-state index is 13.5. The van der Waals surface area contributed by atoms with Crippen molar-refractivity contribution in [3.63, 3.8) is 0 Å². The van der Waals surface area contributed by atoms with Gasteiger partial charge in [-0.05, 0) is 35.9 Å². The Morgan fingerprint density at radius 3 is 2.62 bits per heavy atom. The topological polar surface area (TPSA) is 88.8 Å². The molecule has 10 heteroatoms. The third kappa shape index (κ3) is 5.92. The van der Waals surface area contributed by atoms with Crippen molar-refractivity contribution in [2.24, 2.45) is 0 Å². The Morgan fingerprint density at radius 2 is 1.94 bits per heavy atom. The molecule has 2 aromatic heterocycles. The van der Waals surface area contributed by atoms with Gasteiger partial charge in [-0.1, -0.05) is 17.2 Å². The summed E-state index contributed by atoms with van der Waals surface area (Å²) in [5.41, 5.74) is 2.80. The Bertz CT molecular complexity index is 1150. The van der Waals surface area contributed by atoms with Crippen molar-refractivity contribution in [1.82, 2.24) is 14.9 Å². The van der Waals surface area contributed by atoms with Crippen LogP contribution in [0.2, 0.25) is 0 Å². The van der Waals surface area contributed by atoms with Gasteiger partial charge in [0.2, 0.25) is 0 Å². The fraction of sp³-hybridized carbons (Fsp3) is 0.333. The van der Waals surface area contributed by atoms with E-state index in [0.29, 0.717) is 40.2 Å². The van der Waals surface area contributed by atoms with Gasteiger partial charge in [-0.15, -0.1) is 0 Å². The molecule has 0 bridgehead atoms. The van der Waals surface area contributed by atoms with Crippen molar-refractivity contribution in [3.8, 4) is 0 Å². The van der Waals surface area contributed by atoms with Crippen LogP contribution < -0.4 is 10.6 Å². The van der Waals surface area contributed by atoms with Crippen LogP contribution >= 0.6 is 0 Å². The molecule has 0 aliphatic carbocycles. The molecular formula is C24H26F3N5OS. The number of hydrogen-bond donors (Lipinski definition) is 3. The van der Waals surface area contributed by atoms with Gasteiger partial charge in [-0.2, -0.15) is 13.2 Å². The highest BCUT2D eigenvalue weighted by atomic mass is 32.2. The van der Waals surface area contributed by atoms with Crippen LogP contribution in [0.3, 0.4) is 0 Å². The Balaban J connectivity index is 1.68. The highest BCUT2D eigenvalue weighted by Gasteiger charge is 2.31. The second-order valence-corrected chi connectivity index (χ2v) is 9.91. The molecule has 1 aliphatic heterocycles. The van der Waals surface area contributed by atoms with E-state index in [9.17, 15) is 17.7 Å². The Kier molecular flexibility index (Phi) is 7.47. The number of allylic oxidation sites excluding steroid dienone is 1. The van der Waals surface area contributed by atoms with Gasteiger partial charge in [0.05, 0.1) is 11.2 Å². The van der Waals surface area contributed by atoms with Crippen molar-refractivity contribution < 1.29 is 17.7 Å². The Morgan fingerprint density at radius 1 is 1.21 bits per heavy atom. The van der Waals surface area contributed by atoms with Crippen molar-refractivity contribution in [2.75, 3.05) is 16.8 Å². The van der Waals surface area contributed by atoms with E-state index in [1.165, 1.54) is 4.57 Å². The summed E-state index contributed by atoms with van der Waals surface area (Å²) in [5.74, 6) is 1.25. The van der Waals surface area contributed by atoms with Gasteiger partial charge in [0.15, 0.2) is 0 Å². The van der Waals surface area contributed by atoms with E-state index in [0.717, 1.165) is 30.3 Å². The highest BCUT2D eigenvalue weighted by Crippen LogP contribution is 2.33. The monoisotopic (exact) mass is 489 g/mol. The van der Waals surface area contributed by atoms with Crippen LogP contribution in [0.15, 0.2) is 55.0 Å². The molecule has 1 saturated heterocycles. The molecule has 0 atom stereocenters. The molecule has 1 aliphatic rings. The number of fused-ring (bicyclic) bond motifs is 1. The second-order valence-electron chi connectivity index (χ2n) is 8.22. The molecule has 180 valence electrons. The molecule has 3 aromatic rings. The van der Waals surface area contributed by atoms with Gasteiger partial charge in [0, 0.05) is 66.9 Å². The summed E-state index contributed by atoms with van der Waals surface area (Å²) in [5, 5.41) is 15.1. The summed E-state index contributed by atoms with van der Waals surface area (Å²) >= 11 is -0.794. The lowest BCUT2D eigenvalue weighted by Crippen LogP contribution is -2.32. The van der Waals surface area contributed by atoms with Crippen LogP contribution in [-0.2, 0) is 24.3 Å². The number of pyridine rings is 1. The van der Waals surface area contributed by atoms with Crippen LogP contribution in [0.4, 0.5) is 18.9 Å². The van der Waals surface area contributed by atoms with Gasteiger partial charge >= 0.3 is 6.18 Å². The molecule has 0 radical (unpaired) electrons. The molecule has 1 aromatic carbocycles. The van der Waals surface area contributed by atoms with Crippen molar-refractivity contribution in [3.05, 3.63) is 66.2 Å².